The van der Waals surface area contributed by atoms with Gasteiger partial charge in [-0.15, -0.1) is 12.8 Å². The second-order valence-electron chi connectivity index (χ2n) is 9.06. The first-order valence-corrected chi connectivity index (χ1v) is 15.9. The molecule has 0 saturated carbocycles. The Morgan fingerprint density at radius 1 is 0.283 bits per heavy atom. The van der Waals surface area contributed by atoms with Crippen LogP contribution in [0, 0.1) is 262 Å². The predicted octanol–water partition coefficient (Wildman–Crippen LogP) is 2.74. The van der Waals surface area contributed by atoms with Gasteiger partial charge in [0, 0.05) is 142 Å². The van der Waals surface area contributed by atoms with Crippen LogP contribution in [-0.2, 0) is 0 Å². The van der Waals surface area contributed by atoms with Crippen LogP contribution >= 0.6 is 0 Å². The Balaban J connectivity index is 1.76. The van der Waals surface area contributed by atoms with Gasteiger partial charge in [0.1, 0.15) is 23.7 Å². The van der Waals surface area contributed by atoms with E-state index in [1.165, 1.54) is 0 Å². The molecule has 0 amide bonds. The van der Waals surface area contributed by atoms with Crippen LogP contribution in [0.4, 0.5) is 0 Å². The first-order chi connectivity index (χ1) is 29.7. The lowest BCUT2D eigenvalue weighted by molar-refractivity contribution is 0.519. The van der Waals surface area contributed by atoms with Crippen LogP contribution < -0.4 is 15.2 Å². The maximum absolute atomic E-state index is 6.45. The Labute approximate surface area is 352 Å². The van der Waals surface area contributed by atoms with Gasteiger partial charge < -0.3 is 15.2 Å². The lowest BCUT2D eigenvalue weighted by atomic mass is 9.99. The van der Waals surface area contributed by atoms with Crippen LogP contribution in [0.3, 0.4) is 0 Å². The minimum atomic E-state index is -0.390. The van der Waals surface area contributed by atoms with Gasteiger partial charge in [0.25, 0.3) is 0 Å². The average molecular weight is 744 g/mol. The average Bonchev–Trinajstić information content (AvgIpc) is 3.27. The summed E-state index contributed by atoms with van der Waals surface area (Å²) >= 11 is 0. The molecule has 0 heterocycles. The van der Waals surface area contributed by atoms with Crippen molar-refractivity contribution < 1.29 is 9.47 Å². The van der Waals surface area contributed by atoms with E-state index in [-0.39, 0.29) is 0 Å². The molecule has 2 aromatic carbocycles. The maximum Gasteiger partial charge on any atom is 0.140 e. The highest BCUT2D eigenvalue weighted by Crippen LogP contribution is 2.24. The number of rotatable bonds is 4. The molecule has 2 aromatic rings. The highest BCUT2D eigenvalue weighted by Gasteiger charge is 2.09. The number of hydrogen-bond donors (Lipinski definition) is 1. The van der Waals surface area contributed by atoms with Gasteiger partial charge in [0.15, 0.2) is 0 Å². The van der Waals surface area contributed by atoms with Crippen molar-refractivity contribution in [2.24, 2.45) is 5.73 Å². The highest BCUT2D eigenvalue weighted by molar-refractivity contribution is 5.49. The van der Waals surface area contributed by atoms with Crippen molar-refractivity contribution in [3.8, 4) is 273 Å². The summed E-state index contributed by atoms with van der Waals surface area (Å²) in [4.78, 5) is 0. The fourth-order valence-electron chi connectivity index (χ4n) is 3.03. The van der Waals surface area contributed by atoms with Gasteiger partial charge in [-0.2, -0.15) is 0 Å². The molecule has 2 N–H and O–H groups in total. The standard InChI is InChI=1S/C57H13NO2/c1-3-5-7-9-11-13-15-17-19-21-23-25-27-29-31-33-35-37-39-41-51-59-55-47-43-53(44-48-55)57(58)54-45-49-56(50-46-54)60-52-42-40-38-36-34-32-30-28-26-24-22-20-18-16-14-12-10-8-6-4-2/h1-2,43-50,57H,58H2. The number of ether oxygens (including phenoxy) is 2. The first-order valence-electron chi connectivity index (χ1n) is 15.9. The van der Waals surface area contributed by atoms with Crippen molar-refractivity contribution in [1.82, 2.24) is 0 Å². The first kappa shape index (κ1) is 44.5. The van der Waals surface area contributed by atoms with Gasteiger partial charge >= 0.3 is 0 Å². The Kier molecular flexibility index (Phi) is 24.6. The van der Waals surface area contributed by atoms with Crippen LogP contribution in [0.1, 0.15) is 17.2 Å². The monoisotopic (exact) mass is 743 g/mol. The normalized spacial score (nSPS) is 5.87. The Bertz CT molecular complexity index is 3210. The third-order valence-electron chi connectivity index (χ3n) is 5.31. The molecule has 0 fully saturated rings. The molecule has 0 aliphatic heterocycles. The van der Waals surface area contributed by atoms with Crippen molar-refractivity contribution in [2.45, 2.75) is 6.04 Å². The second-order valence-corrected chi connectivity index (χ2v) is 9.06. The topological polar surface area (TPSA) is 44.5 Å². The van der Waals surface area contributed by atoms with Crippen molar-refractivity contribution in [3.63, 3.8) is 0 Å². The third-order valence-corrected chi connectivity index (χ3v) is 5.31. The largest absolute Gasteiger partial charge is 0.407 e. The molecule has 3 heteroatoms. The molecule has 0 atom stereocenters. The molecule has 0 bridgehead atoms. The molecule has 0 unspecified atom stereocenters. The van der Waals surface area contributed by atoms with Gasteiger partial charge in [-0.3, -0.25) is 0 Å². The van der Waals surface area contributed by atoms with Gasteiger partial charge in [0.2, 0.25) is 0 Å². The van der Waals surface area contributed by atoms with E-state index in [1.807, 2.05) is 24.3 Å². The molecule has 60 heavy (non-hydrogen) atoms. The molecule has 2 rings (SSSR count). The molecule has 0 aliphatic rings. The van der Waals surface area contributed by atoms with Crippen LogP contribution in [0.15, 0.2) is 48.5 Å². The second kappa shape index (κ2) is 33.2. The summed E-state index contributed by atoms with van der Waals surface area (Å²) in [5.74, 6) is 100. The SMILES string of the molecule is C#CC#CC#CC#CC#CC#CC#CC#CC#CC#CC#COc1ccc(C(N)c2ccc(OC#CC#CC#CC#CC#CC#CC#CC#CC#CC#CC#C)cc2)cc1. The maximum atomic E-state index is 6.45. The molecule has 0 aliphatic carbocycles. The number of terminal acetylenes is 2. The molecule has 0 aromatic heterocycles. The van der Waals surface area contributed by atoms with Gasteiger partial charge in [-0.1, -0.05) is 24.3 Å². The molecule has 258 valence electrons. The van der Waals surface area contributed by atoms with Gasteiger partial charge in [-0.25, -0.2) is 0 Å². The highest BCUT2D eigenvalue weighted by atomic mass is 16.5. The molecular weight excluding hydrogens is 731 g/mol. The smallest absolute Gasteiger partial charge is 0.140 e. The number of nitrogens with two attached hydrogens (primary N) is 1. The molecule has 3 nitrogen and oxygen atoms in total. The fourth-order valence-corrected chi connectivity index (χ4v) is 3.03. The zero-order valence-electron chi connectivity index (χ0n) is 30.7. The summed E-state index contributed by atoms with van der Waals surface area (Å²) in [6, 6.07) is 14.0. The van der Waals surface area contributed by atoms with Crippen molar-refractivity contribution in [2.75, 3.05) is 0 Å². The van der Waals surface area contributed by atoms with E-state index in [9.17, 15) is 0 Å². The Morgan fingerprint density at radius 2 is 0.467 bits per heavy atom. The van der Waals surface area contributed by atoms with E-state index in [0.717, 1.165) is 11.1 Å². The fraction of sp³-hybridized carbons (Fsp3) is 0.0175. The molecule has 0 radical (unpaired) electrons. The van der Waals surface area contributed by atoms with Gasteiger partial charge in [-0.05, 0) is 130 Å². The Hall–Kier alpha value is -11.7. The molecule has 0 saturated heterocycles. The minimum absolute atomic E-state index is 0.390. The van der Waals surface area contributed by atoms with Gasteiger partial charge in [0.05, 0.1) is 6.04 Å². The Morgan fingerprint density at radius 3 is 0.667 bits per heavy atom. The van der Waals surface area contributed by atoms with Crippen molar-refractivity contribution in [3.05, 3.63) is 59.7 Å². The summed E-state index contributed by atoms with van der Waals surface area (Å²) in [6.07, 6.45) is 14.9. The summed E-state index contributed by atoms with van der Waals surface area (Å²) in [5, 5.41) is 0. The molecular formula is C57H13NO2. The van der Waals surface area contributed by atoms with Crippen molar-refractivity contribution in [1.29, 1.82) is 0 Å². The third kappa shape index (κ3) is 24.5. The van der Waals surface area contributed by atoms with E-state index >= 15 is 0 Å². The quantitative estimate of drug-likeness (QED) is 0.491. The number of benzene rings is 2. The summed E-state index contributed by atoms with van der Waals surface area (Å²) in [7, 11) is 0. The zero-order valence-corrected chi connectivity index (χ0v) is 30.7. The predicted molar refractivity (Wildman–Crippen MR) is 233 cm³/mol. The zero-order chi connectivity index (χ0) is 42.7. The van der Waals surface area contributed by atoms with E-state index in [4.69, 9.17) is 28.1 Å². The summed E-state index contributed by atoms with van der Waals surface area (Å²) in [6.45, 7) is 0. The van der Waals surface area contributed by atoms with Crippen LogP contribution in [0.25, 0.3) is 0 Å². The van der Waals surface area contributed by atoms with Crippen LogP contribution in [0.2, 0.25) is 0 Å². The number of hydrogen-bond acceptors (Lipinski definition) is 3. The van der Waals surface area contributed by atoms with E-state index < -0.39 is 6.04 Å². The van der Waals surface area contributed by atoms with E-state index in [0.29, 0.717) is 11.5 Å². The van der Waals surface area contributed by atoms with Crippen LogP contribution in [0.5, 0.6) is 11.5 Å². The van der Waals surface area contributed by atoms with Crippen molar-refractivity contribution >= 4 is 0 Å². The summed E-state index contributed by atoms with van der Waals surface area (Å²) < 4.78 is 10.8. The lowest BCUT2D eigenvalue weighted by Crippen LogP contribution is -2.11. The van der Waals surface area contributed by atoms with E-state index in [2.05, 4.69) is 249 Å². The minimum Gasteiger partial charge on any atom is -0.407 e. The van der Waals surface area contributed by atoms with E-state index in [1.54, 1.807) is 24.3 Å². The summed E-state index contributed by atoms with van der Waals surface area (Å²) in [5.41, 5.74) is 8.18. The molecule has 0 spiro atoms. The van der Waals surface area contributed by atoms with Crippen LogP contribution in [-0.4, -0.2) is 0 Å². The lowest BCUT2D eigenvalue weighted by Gasteiger charge is -2.13.